The van der Waals surface area contributed by atoms with Crippen LogP contribution in [0.15, 0.2) is 52.8 Å². The standard InChI is InChI=1S/C27H31ClN4O6S/c1-5-35-21-13-17(12-19(28)25(21)36-6-2)14-29-32-22(33)15-38-20-11-9-8-10-18(20)24-23(26(34)37-7-3)16(4)30-27(39)31-24/h8-14,24H,5-7,15H2,1-4H3,(H,32,33)(H2,30,31,39)/t24-/m1/s1. The highest BCUT2D eigenvalue weighted by molar-refractivity contribution is 7.80. The Labute approximate surface area is 237 Å². The molecule has 0 aliphatic carbocycles. The van der Waals surface area contributed by atoms with Crippen LogP contribution >= 0.6 is 23.8 Å². The predicted octanol–water partition coefficient (Wildman–Crippen LogP) is 4.02. The van der Waals surface area contributed by atoms with Gasteiger partial charge in [-0.2, -0.15) is 5.10 Å². The van der Waals surface area contributed by atoms with E-state index in [2.05, 4.69) is 21.2 Å². The van der Waals surface area contributed by atoms with E-state index in [4.69, 9.17) is 42.8 Å². The molecule has 1 aliphatic rings. The Bertz CT molecular complexity index is 1280. The molecule has 2 aromatic rings. The van der Waals surface area contributed by atoms with Crippen molar-refractivity contribution >= 4 is 47.0 Å². The summed E-state index contributed by atoms with van der Waals surface area (Å²) in [4.78, 5) is 25.2. The third-order valence-electron chi connectivity index (χ3n) is 5.38. The molecule has 3 N–H and O–H groups in total. The predicted molar refractivity (Wildman–Crippen MR) is 152 cm³/mol. The topological polar surface area (TPSA) is 120 Å². The van der Waals surface area contributed by atoms with E-state index in [1.807, 2.05) is 13.8 Å². The highest BCUT2D eigenvalue weighted by Gasteiger charge is 2.32. The molecule has 0 spiro atoms. The number of thiocarbonyl (C=S) groups is 1. The number of ether oxygens (including phenoxy) is 4. The molecule has 10 nitrogen and oxygen atoms in total. The summed E-state index contributed by atoms with van der Waals surface area (Å²) < 4.78 is 22.2. The van der Waals surface area contributed by atoms with Crippen molar-refractivity contribution in [2.75, 3.05) is 26.4 Å². The average Bonchev–Trinajstić information content (AvgIpc) is 2.89. The van der Waals surface area contributed by atoms with Crippen molar-refractivity contribution in [1.29, 1.82) is 0 Å². The van der Waals surface area contributed by atoms with Gasteiger partial charge < -0.3 is 29.6 Å². The van der Waals surface area contributed by atoms with E-state index in [1.165, 1.54) is 6.21 Å². The Balaban J connectivity index is 1.70. The van der Waals surface area contributed by atoms with Crippen LogP contribution in [0.4, 0.5) is 0 Å². The molecule has 12 heteroatoms. The number of nitrogens with one attached hydrogen (secondary N) is 3. The molecule has 0 bridgehead atoms. The van der Waals surface area contributed by atoms with Crippen molar-refractivity contribution in [3.63, 3.8) is 0 Å². The number of hydrogen-bond donors (Lipinski definition) is 3. The monoisotopic (exact) mass is 574 g/mol. The van der Waals surface area contributed by atoms with Crippen molar-refractivity contribution in [3.05, 3.63) is 63.8 Å². The molecule has 1 aliphatic heterocycles. The van der Waals surface area contributed by atoms with E-state index in [-0.39, 0.29) is 13.2 Å². The highest BCUT2D eigenvalue weighted by atomic mass is 35.5. The Morgan fingerprint density at radius 3 is 2.54 bits per heavy atom. The summed E-state index contributed by atoms with van der Waals surface area (Å²) in [5.41, 5.74) is 4.60. The zero-order valence-corrected chi connectivity index (χ0v) is 23.7. The molecule has 1 atom stereocenters. The molecule has 0 fully saturated rings. The Hall–Kier alpha value is -3.83. The highest BCUT2D eigenvalue weighted by Crippen LogP contribution is 2.36. The molecule has 0 unspecified atom stereocenters. The number of nitrogens with zero attached hydrogens (tertiary/aromatic N) is 1. The fraction of sp³-hybridized carbons (Fsp3) is 0.333. The number of hydrogen-bond acceptors (Lipinski definition) is 8. The van der Waals surface area contributed by atoms with Gasteiger partial charge in [0, 0.05) is 11.3 Å². The van der Waals surface area contributed by atoms with Crippen LogP contribution in [-0.2, 0) is 14.3 Å². The summed E-state index contributed by atoms with van der Waals surface area (Å²) in [5, 5.41) is 10.8. The molecule has 1 heterocycles. The zero-order valence-electron chi connectivity index (χ0n) is 22.1. The van der Waals surface area contributed by atoms with Crippen LogP contribution in [0.25, 0.3) is 0 Å². The second-order valence-corrected chi connectivity index (χ2v) is 8.92. The van der Waals surface area contributed by atoms with Gasteiger partial charge in [-0.05, 0) is 63.7 Å². The van der Waals surface area contributed by atoms with E-state index in [9.17, 15) is 9.59 Å². The first kappa shape index (κ1) is 29.7. The van der Waals surface area contributed by atoms with Crippen LogP contribution in [0.5, 0.6) is 17.2 Å². The molecule has 3 rings (SSSR count). The van der Waals surface area contributed by atoms with Crippen LogP contribution < -0.4 is 30.3 Å². The molecule has 0 saturated carbocycles. The largest absolute Gasteiger partial charge is 0.490 e. The fourth-order valence-corrected chi connectivity index (χ4v) is 4.37. The van der Waals surface area contributed by atoms with Gasteiger partial charge in [0.05, 0.1) is 42.7 Å². The zero-order chi connectivity index (χ0) is 28.4. The van der Waals surface area contributed by atoms with Gasteiger partial charge in [-0.1, -0.05) is 29.8 Å². The maximum atomic E-state index is 12.7. The van der Waals surface area contributed by atoms with E-state index in [1.54, 1.807) is 50.2 Å². The lowest BCUT2D eigenvalue weighted by molar-refractivity contribution is -0.139. The number of esters is 1. The molecular formula is C27H31ClN4O6S. The number of amides is 1. The number of rotatable bonds is 12. The van der Waals surface area contributed by atoms with Gasteiger partial charge in [0.15, 0.2) is 23.2 Å². The molecule has 0 aromatic heterocycles. The number of halogens is 1. The van der Waals surface area contributed by atoms with Gasteiger partial charge in [-0.3, -0.25) is 4.79 Å². The van der Waals surface area contributed by atoms with Gasteiger partial charge in [-0.25, -0.2) is 10.2 Å². The summed E-state index contributed by atoms with van der Waals surface area (Å²) in [5.74, 6) is 0.361. The summed E-state index contributed by atoms with van der Waals surface area (Å²) in [7, 11) is 0. The number of para-hydroxylation sites is 1. The second kappa shape index (κ2) is 14.4. The van der Waals surface area contributed by atoms with E-state index in [0.29, 0.717) is 63.0 Å². The lowest BCUT2D eigenvalue weighted by Crippen LogP contribution is -2.45. The molecular weight excluding hydrogens is 544 g/mol. The lowest BCUT2D eigenvalue weighted by atomic mass is 9.95. The van der Waals surface area contributed by atoms with E-state index < -0.39 is 17.9 Å². The molecule has 208 valence electrons. The first-order chi connectivity index (χ1) is 18.8. The van der Waals surface area contributed by atoms with Gasteiger partial charge in [-0.15, -0.1) is 0 Å². The van der Waals surface area contributed by atoms with Gasteiger partial charge in [0.25, 0.3) is 5.91 Å². The minimum atomic E-state index is -0.626. The maximum absolute atomic E-state index is 12.7. The van der Waals surface area contributed by atoms with Crippen LogP contribution in [0, 0.1) is 0 Å². The minimum absolute atomic E-state index is 0.224. The SMILES string of the molecule is CCOC(=O)C1=C(C)NC(=S)N[C@@H]1c1ccccc1OCC(=O)NN=Cc1cc(Cl)c(OCC)c(OCC)c1. The second-order valence-electron chi connectivity index (χ2n) is 8.11. The van der Waals surface area contributed by atoms with Crippen molar-refractivity contribution < 1.29 is 28.5 Å². The number of carbonyl (C=O) groups excluding carboxylic acids is 2. The molecule has 0 radical (unpaired) electrons. The summed E-state index contributed by atoms with van der Waals surface area (Å²) in [6.45, 7) is 7.96. The third-order valence-corrected chi connectivity index (χ3v) is 5.88. The van der Waals surface area contributed by atoms with Gasteiger partial charge in [0.2, 0.25) is 0 Å². The average molecular weight is 575 g/mol. The van der Waals surface area contributed by atoms with Crippen molar-refractivity contribution in [3.8, 4) is 17.2 Å². The van der Waals surface area contributed by atoms with Crippen molar-refractivity contribution in [2.45, 2.75) is 33.7 Å². The van der Waals surface area contributed by atoms with Crippen LogP contribution in [0.2, 0.25) is 5.02 Å². The first-order valence-corrected chi connectivity index (χ1v) is 13.2. The Morgan fingerprint density at radius 2 is 1.82 bits per heavy atom. The van der Waals surface area contributed by atoms with Gasteiger partial charge >= 0.3 is 5.97 Å². The quantitative estimate of drug-likeness (QED) is 0.149. The fourth-order valence-electron chi connectivity index (χ4n) is 3.82. The van der Waals surface area contributed by atoms with Crippen LogP contribution in [0.1, 0.15) is 44.9 Å². The van der Waals surface area contributed by atoms with E-state index in [0.717, 1.165) is 0 Å². The number of allylic oxidation sites excluding steroid dienone is 1. The minimum Gasteiger partial charge on any atom is -0.490 e. The van der Waals surface area contributed by atoms with E-state index >= 15 is 0 Å². The molecule has 0 saturated heterocycles. The summed E-state index contributed by atoms with van der Waals surface area (Å²) in [6.07, 6.45) is 1.44. The lowest BCUT2D eigenvalue weighted by Gasteiger charge is -2.30. The number of benzene rings is 2. The van der Waals surface area contributed by atoms with Crippen molar-refractivity contribution in [1.82, 2.24) is 16.1 Å². The summed E-state index contributed by atoms with van der Waals surface area (Å²) >= 11 is 11.6. The third kappa shape index (κ3) is 7.84. The maximum Gasteiger partial charge on any atom is 0.338 e. The molecule has 1 amide bonds. The molecule has 39 heavy (non-hydrogen) atoms. The number of hydrazone groups is 1. The summed E-state index contributed by atoms with van der Waals surface area (Å²) in [6, 6.07) is 9.80. The number of carbonyl (C=O) groups is 2. The molecule has 2 aromatic carbocycles. The van der Waals surface area contributed by atoms with Gasteiger partial charge in [0.1, 0.15) is 5.75 Å². The Kier molecular flexibility index (Phi) is 10.9. The smallest absolute Gasteiger partial charge is 0.338 e. The van der Waals surface area contributed by atoms with Crippen LogP contribution in [0.3, 0.4) is 0 Å². The van der Waals surface area contributed by atoms with Crippen molar-refractivity contribution in [2.24, 2.45) is 5.10 Å². The first-order valence-electron chi connectivity index (χ1n) is 12.4. The Morgan fingerprint density at radius 1 is 1.08 bits per heavy atom. The normalized spacial score (nSPS) is 14.9. The van der Waals surface area contributed by atoms with Crippen LogP contribution in [-0.4, -0.2) is 49.6 Å².